The Hall–Kier alpha value is -2.80. The molecule has 0 aliphatic heterocycles. The van der Waals surface area contributed by atoms with Crippen molar-refractivity contribution in [2.45, 2.75) is 0 Å². The standard InChI is InChI=1S/C14H10N4/c15-9-10-4-3-5-11(8-10)16-14-17-12-6-1-2-7-13(12)18-14/h1-8H,(H2,16,17,18). The van der Waals surface area contributed by atoms with Gasteiger partial charge in [0.05, 0.1) is 22.7 Å². The zero-order valence-corrected chi connectivity index (χ0v) is 9.51. The lowest BCUT2D eigenvalue weighted by Gasteiger charge is -2.01. The lowest BCUT2D eigenvalue weighted by molar-refractivity contribution is 1.31. The van der Waals surface area contributed by atoms with Crippen molar-refractivity contribution in [2.75, 3.05) is 5.32 Å². The van der Waals surface area contributed by atoms with Crippen molar-refractivity contribution < 1.29 is 0 Å². The summed E-state index contributed by atoms with van der Waals surface area (Å²) in [5, 5.41) is 12.0. The highest BCUT2D eigenvalue weighted by Crippen LogP contribution is 2.18. The maximum Gasteiger partial charge on any atom is 0.205 e. The predicted molar refractivity (Wildman–Crippen MR) is 70.5 cm³/mol. The molecule has 0 unspecified atom stereocenters. The van der Waals surface area contributed by atoms with Crippen LogP contribution in [-0.4, -0.2) is 9.97 Å². The van der Waals surface area contributed by atoms with Gasteiger partial charge < -0.3 is 10.3 Å². The minimum Gasteiger partial charge on any atom is -0.326 e. The van der Waals surface area contributed by atoms with Crippen molar-refractivity contribution >= 4 is 22.7 Å². The molecular weight excluding hydrogens is 224 g/mol. The van der Waals surface area contributed by atoms with Crippen molar-refractivity contribution in [3.8, 4) is 6.07 Å². The number of H-pyrrole nitrogens is 1. The third kappa shape index (κ3) is 1.89. The molecular formula is C14H10N4. The second kappa shape index (κ2) is 4.22. The van der Waals surface area contributed by atoms with Gasteiger partial charge >= 0.3 is 0 Å². The maximum absolute atomic E-state index is 8.84. The van der Waals surface area contributed by atoms with Crippen LogP contribution in [0.15, 0.2) is 48.5 Å². The predicted octanol–water partition coefficient (Wildman–Crippen LogP) is 3.18. The second-order valence-corrected chi connectivity index (χ2v) is 3.92. The number of nitrogens with zero attached hydrogens (tertiary/aromatic N) is 2. The first-order chi connectivity index (χ1) is 8.85. The molecule has 0 amide bonds. The van der Waals surface area contributed by atoms with Gasteiger partial charge in [-0.25, -0.2) is 4.98 Å². The van der Waals surface area contributed by atoms with Crippen LogP contribution in [0.5, 0.6) is 0 Å². The topological polar surface area (TPSA) is 64.5 Å². The van der Waals surface area contributed by atoms with E-state index in [2.05, 4.69) is 21.4 Å². The Kier molecular flexibility index (Phi) is 2.43. The summed E-state index contributed by atoms with van der Waals surface area (Å²) in [6.07, 6.45) is 0. The summed E-state index contributed by atoms with van der Waals surface area (Å²) in [7, 11) is 0. The number of hydrogen-bond donors (Lipinski definition) is 2. The number of rotatable bonds is 2. The van der Waals surface area contributed by atoms with Crippen molar-refractivity contribution in [3.05, 3.63) is 54.1 Å². The fourth-order valence-corrected chi connectivity index (χ4v) is 1.82. The molecule has 1 aromatic heterocycles. The molecule has 0 aliphatic rings. The van der Waals surface area contributed by atoms with Crippen molar-refractivity contribution in [3.63, 3.8) is 0 Å². The minimum absolute atomic E-state index is 0.621. The monoisotopic (exact) mass is 234 g/mol. The highest BCUT2D eigenvalue weighted by atomic mass is 15.1. The van der Waals surface area contributed by atoms with E-state index < -0.39 is 0 Å². The van der Waals surface area contributed by atoms with E-state index in [1.165, 1.54) is 0 Å². The summed E-state index contributed by atoms with van der Waals surface area (Å²) in [6, 6.07) is 17.2. The number of aromatic nitrogens is 2. The van der Waals surface area contributed by atoms with E-state index in [0.29, 0.717) is 11.5 Å². The minimum atomic E-state index is 0.621. The molecule has 2 aromatic carbocycles. The van der Waals surface area contributed by atoms with E-state index in [-0.39, 0.29) is 0 Å². The van der Waals surface area contributed by atoms with Gasteiger partial charge in [-0.2, -0.15) is 5.26 Å². The Labute approximate surface area is 104 Å². The molecule has 0 saturated carbocycles. The Morgan fingerprint density at radius 1 is 1.11 bits per heavy atom. The van der Waals surface area contributed by atoms with Gasteiger partial charge in [0.25, 0.3) is 0 Å². The average molecular weight is 234 g/mol. The number of nitriles is 1. The summed E-state index contributed by atoms with van der Waals surface area (Å²) in [6.45, 7) is 0. The third-order valence-corrected chi connectivity index (χ3v) is 2.64. The van der Waals surface area contributed by atoms with Crippen LogP contribution in [0.2, 0.25) is 0 Å². The van der Waals surface area contributed by atoms with E-state index in [1.54, 1.807) is 12.1 Å². The van der Waals surface area contributed by atoms with E-state index >= 15 is 0 Å². The van der Waals surface area contributed by atoms with Crippen LogP contribution < -0.4 is 5.32 Å². The molecule has 0 aliphatic carbocycles. The van der Waals surface area contributed by atoms with Gasteiger partial charge in [-0.1, -0.05) is 18.2 Å². The van der Waals surface area contributed by atoms with Gasteiger partial charge in [-0.05, 0) is 30.3 Å². The van der Waals surface area contributed by atoms with E-state index in [4.69, 9.17) is 5.26 Å². The summed E-state index contributed by atoms with van der Waals surface area (Å²) in [4.78, 5) is 7.59. The van der Waals surface area contributed by atoms with E-state index in [1.807, 2.05) is 36.4 Å². The molecule has 1 heterocycles. The zero-order chi connectivity index (χ0) is 12.4. The van der Waals surface area contributed by atoms with Gasteiger partial charge in [0, 0.05) is 5.69 Å². The molecule has 0 bridgehead atoms. The van der Waals surface area contributed by atoms with Crippen LogP contribution in [0.1, 0.15) is 5.56 Å². The summed E-state index contributed by atoms with van der Waals surface area (Å²) >= 11 is 0. The van der Waals surface area contributed by atoms with E-state index in [9.17, 15) is 0 Å². The van der Waals surface area contributed by atoms with Gasteiger partial charge in [0.2, 0.25) is 5.95 Å². The lowest BCUT2D eigenvalue weighted by Crippen LogP contribution is -1.92. The van der Waals surface area contributed by atoms with Gasteiger partial charge in [0.15, 0.2) is 0 Å². The molecule has 4 heteroatoms. The molecule has 0 spiro atoms. The maximum atomic E-state index is 8.84. The molecule has 0 atom stereocenters. The van der Waals surface area contributed by atoms with Crippen molar-refractivity contribution in [2.24, 2.45) is 0 Å². The number of benzene rings is 2. The first-order valence-electron chi connectivity index (χ1n) is 5.57. The van der Waals surface area contributed by atoms with Crippen LogP contribution in [0.4, 0.5) is 11.6 Å². The number of nitrogens with one attached hydrogen (secondary N) is 2. The Balaban J connectivity index is 1.94. The zero-order valence-electron chi connectivity index (χ0n) is 9.51. The first-order valence-corrected chi connectivity index (χ1v) is 5.57. The molecule has 2 N–H and O–H groups in total. The number of hydrogen-bond acceptors (Lipinski definition) is 3. The Bertz CT molecular complexity index is 704. The van der Waals surface area contributed by atoms with Crippen LogP contribution in [0.3, 0.4) is 0 Å². The number of para-hydroxylation sites is 2. The van der Waals surface area contributed by atoms with Crippen molar-refractivity contribution in [1.82, 2.24) is 9.97 Å². The largest absolute Gasteiger partial charge is 0.326 e. The number of imidazole rings is 1. The summed E-state index contributed by atoms with van der Waals surface area (Å²) < 4.78 is 0. The number of anilines is 2. The fraction of sp³-hybridized carbons (Fsp3) is 0. The van der Waals surface area contributed by atoms with Crippen LogP contribution in [0.25, 0.3) is 11.0 Å². The summed E-state index contributed by atoms with van der Waals surface area (Å²) in [5.41, 5.74) is 3.36. The first kappa shape index (κ1) is 10.4. The molecule has 18 heavy (non-hydrogen) atoms. The Morgan fingerprint density at radius 2 is 2.00 bits per heavy atom. The molecule has 3 aromatic rings. The van der Waals surface area contributed by atoms with Crippen LogP contribution in [-0.2, 0) is 0 Å². The fourth-order valence-electron chi connectivity index (χ4n) is 1.82. The smallest absolute Gasteiger partial charge is 0.205 e. The van der Waals surface area contributed by atoms with Gasteiger partial charge in [0.1, 0.15) is 0 Å². The molecule has 0 saturated heterocycles. The third-order valence-electron chi connectivity index (χ3n) is 2.64. The Morgan fingerprint density at radius 3 is 2.83 bits per heavy atom. The highest BCUT2D eigenvalue weighted by molar-refractivity contribution is 5.78. The molecule has 0 fully saturated rings. The van der Waals surface area contributed by atoms with E-state index in [0.717, 1.165) is 16.7 Å². The molecule has 3 rings (SSSR count). The molecule has 0 radical (unpaired) electrons. The molecule has 4 nitrogen and oxygen atoms in total. The quantitative estimate of drug-likeness (QED) is 0.715. The summed E-state index contributed by atoms with van der Waals surface area (Å²) in [5.74, 6) is 0.672. The average Bonchev–Trinajstić information content (AvgIpc) is 2.81. The second-order valence-electron chi connectivity index (χ2n) is 3.92. The van der Waals surface area contributed by atoms with Gasteiger partial charge in [-0.3, -0.25) is 0 Å². The van der Waals surface area contributed by atoms with Crippen LogP contribution >= 0.6 is 0 Å². The highest BCUT2D eigenvalue weighted by Gasteiger charge is 2.02. The van der Waals surface area contributed by atoms with Crippen molar-refractivity contribution in [1.29, 1.82) is 5.26 Å². The number of aromatic amines is 1. The molecule has 86 valence electrons. The number of fused-ring (bicyclic) bond motifs is 1. The van der Waals surface area contributed by atoms with Gasteiger partial charge in [-0.15, -0.1) is 0 Å². The lowest BCUT2D eigenvalue weighted by atomic mass is 10.2. The normalized spacial score (nSPS) is 10.2. The van der Waals surface area contributed by atoms with Crippen LogP contribution in [0, 0.1) is 11.3 Å². The SMILES string of the molecule is N#Cc1cccc(Nc2nc3ccccc3[nH]2)c1.